The van der Waals surface area contributed by atoms with Crippen LogP contribution in [0.2, 0.25) is 0 Å². The molecule has 11 nitrogen and oxygen atoms in total. The summed E-state index contributed by atoms with van der Waals surface area (Å²) in [5, 5.41) is 57.3. The quantitative estimate of drug-likeness (QED) is 0.0195. The van der Waals surface area contributed by atoms with Crippen LogP contribution in [0.15, 0.2) is 36.5 Å². The van der Waals surface area contributed by atoms with Gasteiger partial charge in [0, 0.05) is 6.42 Å². The third-order valence-electron chi connectivity index (χ3n) is 17.8. The van der Waals surface area contributed by atoms with Crippen molar-refractivity contribution in [3.05, 3.63) is 36.5 Å². The second-order valence-electron chi connectivity index (χ2n) is 26.0. The number of aliphatic hydroxyl groups excluding tert-OH is 5. The number of rotatable bonds is 65. The number of unbranched alkanes of at least 4 members (excludes halogenated alkanes) is 47. The highest BCUT2D eigenvalue weighted by Gasteiger charge is 2.47. The Labute approximate surface area is 530 Å². The number of nitrogens with one attached hydrogen (secondary N) is 1. The molecule has 11 heteroatoms. The van der Waals surface area contributed by atoms with E-state index in [1.807, 2.05) is 6.08 Å². The smallest absolute Gasteiger partial charge is 0.306 e. The van der Waals surface area contributed by atoms with Gasteiger partial charge in [0.15, 0.2) is 12.4 Å². The molecule has 1 aliphatic heterocycles. The third kappa shape index (κ3) is 49.6. The molecule has 1 aliphatic rings. The van der Waals surface area contributed by atoms with Crippen molar-refractivity contribution in [1.82, 2.24) is 5.32 Å². The van der Waals surface area contributed by atoms with E-state index < -0.39 is 67.4 Å². The van der Waals surface area contributed by atoms with Crippen molar-refractivity contribution in [2.45, 2.75) is 416 Å². The van der Waals surface area contributed by atoms with Crippen LogP contribution in [0, 0.1) is 0 Å². The van der Waals surface area contributed by atoms with E-state index in [0.29, 0.717) is 19.3 Å². The highest BCUT2D eigenvalue weighted by atomic mass is 16.7. The van der Waals surface area contributed by atoms with Crippen molar-refractivity contribution in [1.29, 1.82) is 0 Å². The van der Waals surface area contributed by atoms with E-state index >= 15 is 0 Å². The van der Waals surface area contributed by atoms with Crippen LogP contribution in [0.25, 0.3) is 0 Å². The number of esters is 1. The maximum atomic E-state index is 13.5. The number of aliphatic hydroxyl groups is 5. The number of carbonyl (C=O) groups is 2. The first kappa shape index (κ1) is 81.9. The van der Waals surface area contributed by atoms with Crippen molar-refractivity contribution in [3.63, 3.8) is 0 Å². The molecular weight excluding hydrogens is 1070 g/mol. The van der Waals surface area contributed by atoms with Crippen LogP contribution in [0.3, 0.4) is 0 Å². The average Bonchev–Trinajstić information content (AvgIpc) is 3.59. The SMILES string of the molecule is CCCCC/C=C\C/C=C\CCCCCCCCCCCCCCC(O)C(=O)NC(COC1OC(CO)C(O)C(O)C1OC(=O)CCCCCCCCCCCCCCCCCCCCCCCCC)C(O)/C=C/CCCCCCCCCCCC. The van der Waals surface area contributed by atoms with Crippen LogP contribution in [0.5, 0.6) is 0 Å². The fraction of sp³-hybridized carbons (Fsp3) is 0.893. The van der Waals surface area contributed by atoms with Gasteiger partial charge in [-0.2, -0.15) is 0 Å². The lowest BCUT2D eigenvalue weighted by Crippen LogP contribution is -2.61. The van der Waals surface area contributed by atoms with Crippen molar-refractivity contribution < 1.29 is 49.3 Å². The molecule has 0 saturated carbocycles. The summed E-state index contributed by atoms with van der Waals surface area (Å²) in [6.45, 7) is 5.83. The maximum absolute atomic E-state index is 13.5. The van der Waals surface area contributed by atoms with Gasteiger partial charge in [-0.25, -0.2) is 0 Å². The molecule has 0 aromatic carbocycles. The van der Waals surface area contributed by atoms with E-state index in [4.69, 9.17) is 14.2 Å². The summed E-state index contributed by atoms with van der Waals surface area (Å²) in [6, 6.07) is -1.02. The lowest BCUT2D eigenvalue weighted by atomic mass is 9.99. The van der Waals surface area contributed by atoms with Gasteiger partial charge in [0.2, 0.25) is 5.91 Å². The minimum absolute atomic E-state index is 0.130. The van der Waals surface area contributed by atoms with Crippen molar-refractivity contribution in [3.8, 4) is 0 Å². The molecule has 6 N–H and O–H groups in total. The first-order valence-corrected chi connectivity index (χ1v) is 37.3. The molecular formula is C75H141NO10. The van der Waals surface area contributed by atoms with E-state index in [2.05, 4.69) is 50.4 Å². The van der Waals surface area contributed by atoms with Gasteiger partial charge < -0.3 is 45.1 Å². The van der Waals surface area contributed by atoms with E-state index in [1.165, 1.54) is 257 Å². The Bertz CT molecular complexity index is 1540. The minimum Gasteiger partial charge on any atom is -0.454 e. The molecule has 0 aliphatic carbocycles. The summed E-state index contributed by atoms with van der Waals surface area (Å²) in [7, 11) is 0. The van der Waals surface area contributed by atoms with Gasteiger partial charge in [-0.15, -0.1) is 0 Å². The van der Waals surface area contributed by atoms with Gasteiger partial charge in [0.1, 0.15) is 24.4 Å². The summed E-state index contributed by atoms with van der Waals surface area (Å²) in [4.78, 5) is 26.7. The fourth-order valence-corrected chi connectivity index (χ4v) is 11.9. The molecule has 8 atom stereocenters. The number of amides is 1. The molecule has 1 amide bonds. The monoisotopic (exact) mass is 1220 g/mol. The Morgan fingerprint density at radius 1 is 0.453 bits per heavy atom. The molecule has 1 saturated heterocycles. The van der Waals surface area contributed by atoms with E-state index in [1.54, 1.807) is 6.08 Å². The van der Waals surface area contributed by atoms with Crippen LogP contribution < -0.4 is 5.32 Å². The number of ether oxygens (including phenoxy) is 3. The Hall–Kier alpha value is -2.12. The van der Waals surface area contributed by atoms with Crippen LogP contribution >= 0.6 is 0 Å². The number of hydrogen-bond acceptors (Lipinski definition) is 10. The molecule has 86 heavy (non-hydrogen) atoms. The fourth-order valence-electron chi connectivity index (χ4n) is 11.9. The Balaban J connectivity index is 2.54. The number of carbonyl (C=O) groups excluding carboxylic acids is 2. The summed E-state index contributed by atoms with van der Waals surface area (Å²) in [5.74, 6) is -1.18. The maximum Gasteiger partial charge on any atom is 0.306 e. The third-order valence-corrected chi connectivity index (χ3v) is 17.8. The van der Waals surface area contributed by atoms with Crippen LogP contribution in [0.4, 0.5) is 0 Å². The molecule has 1 fully saturated rings. The summed E-state index contributed by atoms with van der Waals surface area (Å²) >= 11 is 0. The van der Waals surface area contributed by atoms with Gasteiger partial charge >= 0.3 is 5.97 Å². The Morgan fingerprint density at radius 3 is 1.21 bits per heavy atom. The van der Waals surface area contributed by atoms with E-state index in [-0.39, 0.29) is 13.0 Å². The Morgan fingerprint density at radius 2 is 0.802 bits per heavy atom. The molecule has 0 bridgehead atoms. The number of allylic oxidation sites excluding steroid dienone is 5. The summed E-state index contributed by atoms with van der Waals surface area (Å²) < 4.78 is 17.7. The standard InChI is InChI=1S/C75H141NO10/c1-4-7-10-13-16-19-22-25-27-29-31-33-35-37-39-41-43-45-48-51-54-57-60-63-70(80)86-73-72(82)71(81)69(64-77)85-75(73)84-65-66(67(78)61-58-55-52-49-46-24-21-18-15-12-9-6-3)76-74(83)68(79)62-59-56-53-50-47-44-42-40-38-36-34-32-30-28-26-23-20-17-14-11-8-5-2/h17,20,26,28,58,61,66-69,71-73,75,77-79,81-82H,4-16,18-19,21-25,27,29-57,59-60,62-65H2,1-3H3,(H,76,83)/b20-17-,28-26-,61-58+. The summed E-state index contributed by atoms with van der Waals surface area (Å²) in [6.07, 6.45) is 67.6. The highest BCUT2D eigenvalue weighted by molar-refractivity contribution is 5.80. The first-order chi connectivity index (χ1) is 42.2. The lowest BCUT2D eigenvalue weighted by Gasteiger charge is -2.41. The molecule has 1 heterocycles. The zero-order valence-electron chi connectivity index (χ0n) is 56.5. The molecule has 0 aromatic rings. The largest absolute Gasteiger partial charge is 0.454 e. The lowest BCUT2D eigenvalue weighted by molar-refractivity contribution is -0.305. The zero-order valence-corrected chi connectivity index (χ0v) is 56.5. The Kier molecular flexibility index (Phi) is 60.0. The van der Waals surface area contributed by atoms with Gasteiger partial charge in [-0.1, -0.05) is 340 Å². The molecule has 1 rings (SSSR count). The predicted octanol–water partition coefficient (Wildman–Crippen LogP) is 19.4. The number of hydrogen-bond donors (Lipinski definition) is 6. The average molecular weight is 1220 g/mol. The van der Waals surface area contributed by atoms with Gasteiger partial charge in [0.25, 0.3) is 0 Å². The second kappa shape index (κ2) is 63.0. The van der Waals surface area contributed by atoms with Gasteiger partial charge in [-0.05, 0) is 57.8 Å². The normalized spacial score (nSPS) is 18.4. The zero-order chi connectivity index (χ0) is 62.4. The summed E-state index contributed by atoms with van der Waals surface area (Å²) in [5.41, 5.74) is 0. The van der Waals surface area contributed by atoms with Crippen LogP contribution in [0.1, 0.15) is 367 Å². The van der Waals surface area contributed by atoms with Crippen molar-refractivity contribution in [2.75, 3.05) is 13.2 Å². The topological polar surface area (TPSA) is 175 Å². The molecule has 0 radical (unpaired) electrons. The van der Waals surface area contributed by atoms with Crippen LogP contribution in [-0.4, -0.2) is 99.6 Å². The first-order valence-electron chi connectivity index (χ1n) is 37.3. The highest BCUT2D eigenvalue weighted by Crippen LogP contribution is 2.27. The molecule has 0 spiro atoms. The van der Waals surface area contributed by atoms with E-state index in [0.717, 1.165) is 64.2 Å². The van der Waals surface area contributed by atoms with Gasteiger partial charge in [0.05, 0.1) is 25.4 Å². The minimum atomic E-state index is -1.61. The molecule has 506 valence electrons. The molecule has 0 aromatic heterocycles. The van der Waals surface area contributed by atoms with Gasteiger partial charge in [-0.3, -0.25) is 9.59 Å². The second-order valence-corrected chi connectivity index (χ2v) is 26.0. The van der Waals surface area contributed by atoms with Crippen LogP contribution in [-0.2, 0) is 23.8 Å². The molecule has 8 unspecified atom stereocenters. The van der Waals surface area contributed by atoms with Crippen molar-refractivity contribution in [2.24, 2.45) is 0 Å². The van der Waals surface area contributed by atoms with E-state index in [9.17, 15) is 35.1 Å². The predicted molar refractivity (Wildman–Crippen MR) is 361 cm³/mol. The van der Waals surface area contributed by atoms with Crippen molar-refractivity contribution >= 4 is 11.9 Å².